The molecule has 0 bridgehead atoms. The van der Waals surface area contributed by atoms with E-state index in [2.05, 4.69) is 0 Å². The van der Waals surface area contributed by atoms with Gasteiger partial charge in [0.15, 0.2) is 5.78 Å². The second-order valence-electron chi connectivity index (χ2n) is 4.50. The van der Waals surface area contributed by atoms with E-state index in [1.54, 1.807) is 12.1 Å². The molecule has 0 aromatic heterocycles. The number of carbonyl (C=O) groups excluding carboxylic acids is 1. The van der Waals surface area contributed by atoms with Gasteiger partial charge in [0.1, 0.15) is 6.16 Å². The Morgan fingerprint density at radius 1 is 0.905 bits per heavy atom. The van der Waals surface area contributed by atoms with Gasteiger partial charge >= 0.3 is 7.60 Å². The average molecular weight is 304 g/mol. The molecule has 0 saturated carbocycles. The molecule has 2 aromatic rings. The van der Waals surface area contributed by atoms with E-state index in [1.165, 1.54) is 14.2 Å². The molecule has 110 valence electrons. The van der Waals surface area contributed by atoms with Crippen molar-refractivity contribution in [1.82, 2.24) is 0 Å². The van der Waals surface area contributed by atoms with Crippen molar-refractivity contribution in [2.75, 3.05) is 20.4 Å². The Labute approximate surface area is 124 Å². The molecule has 0 spiro atoms. The molecule has 0 unspecified atom stereocenters. The number of Topliss-reactive ketones (excluding diaryl/α,β-unsaturated/α-hetero) is 1. The zero-order valence-electron chi connectivity index (χ0n) is 12.0. The molecule has 2 rings (SSSR count). The number of hydrogen-bond acceptors (Lipinski definition) is 4. The van der Waals surface area contributed by atoms with Crippen LogP contribution < -0.4 is 0 Å². The second-order valence-corrected chi connectivity index (χ2v) is 6.77. The van der Waals surface area contributed by atoms with Crippen LogP contribution in [0, 0.1) is 0 Å². The van der Waals surface area contributed by atoms with Crippen LogP contribution in [0.4, 0.5) is 0 Å². The maximum absolute atomic E-state index is 12.1. The summed E-state index contributed by atoms with van der Waals surface area (Å²) >= 11 is 0. The Morgan fingerprint density at radius 3 is 1.95 bits per heavy atom. The van der Waals surface area contributed by atoms with Gasteiger partial charge in [-0.2, -0.15) is 0 Å². The van der Waals surface area contributed by atoms with Gasteiger partial charge in [-0.15, -0.1) is 0 Å². The van der Waals surface area contributed by atoms with Crippen molar-refractivity contribution in [2.45, 2.75) is 0 Å². The highest BCUT2D eigenvalue weighted by atomic mass is 31.2. The maximum Gasteiger partial charge on any atom is 0.337 e. The molecular weight excluding hydrogens is 287 g/mol. The summed E-state index contributed by atoms with van der Waals surface area (Å²) in [6, 6.07) is 17.1. The lowest BCUT2D eigenvalue weighted by Crippen LogP contribution is -2.08. The fourth-order valence-electron chi connectivity index (χ4n) is 1.95. The zero-order chi connectivity index (χ0) is 15.3. The topological polar surface area (TPSA) is 52.6 Å². The number of hydrogen-bond donors (Lipinski definition) is 0. The number of carbonyl (C=O) groups is 1. The largest absolute Gasteiger partial charge is 0.337 e. The Kier molecular flexibility index (Phi) is 5.07. The van der Waals surface area contributed by atoms with E-state index in [4.69, 9.17) is 9.05 Å². The van der Waals surface area contributed by atoms with Crippen LogP contribution in [0.3, 0.4) is 0 Å². The predicted octanol–water partition coefficient (Wildman–Crippen LogP) is 4.02. The molecule has 4 nitrogen and oxygen atoms in total. The quantitative estimate of drug-likeness (QED) is 0.597. The first-order valence-corrected chi connectivity index (χ1v) is 8.20. The van der Waals surface area contributed by atoms with Crippen LogP contribution in [0.25, 0.3) is 11.1 Å². The highest BCUT2D eigenvalue weighted by molar-refractivity contribution is 7.54. The third-order valence-electron chi connectivity index (χ3n) is 3.21. The van der Waals surface area contributed by atoms with Crippen molar-refractivity contribution in [2.24, 2.45) is 0 Å². The minimum absolute atomic E-state index is 0.259. The van der Waals surface area contributed by atoms with Crippen molar-refractivity contribution in [3.8, 4) is 11.1 Å². The van der Waals surface area contributed by atoms with Crippen molar-refractivity contribution in [3.05, 3.63) is 60.2 Å². The fraction of sp³-hybridized carbons (Fsp3) is 0.188. The number of rotatable bonds is 6. The van der Waals surface area contributed by atoms with Gasteiger partial charge in [0.25, 0.3) is 0 Å². The van der Waals surface area contributed by atoms with Crippen molar-refractivity contribution in [3.63, 3.8) is 0 Å². The van der Waals surface area contributed by atoms with Crippen LogP contribution in [0.2, 0.25) is 0 Å². The van der Waals surface area contributed by atoms with Gasteiger partial charge in [0.2, 0.25) is 0 Å². The second kappa shape index (κ2) is 6.81. The molecule has 0 aliphatic heterocycles. The SMILES string of the molecule is COP(=O)(CC(=O)c1ccc(-c2ccccc2)cc1)OC. The summed E-state index contributed by atoms with van der Waals surface area (Å²) in [5.41, 5.74) is 2.59. The van der Waals surface area contributed by atoms with E-state index in [0.29, 0.717) is 5.56 Å². The lowest BCUT2D eigenvalue weighted by Gasteiger charge is -2.12. The molecule has 0 heterocycles. The molecule has 0 radical (unpaired) electrons. The number of benzene rings is 2. The summed E-state index contributed by atoms with van der Waals surface area (Å²) in [5, 5.41) is 0. The van der Waals surface area contributed by atoms with Gasteiger partial charge in [-0.3, -0.25) is 9.36 Å². The van der Waals surface area contributed by atoms with E-state index in [0.717, 1.165) is 11.1 Å². The molecule has 0 aliphatic rings. The van der Waals surface area contributed by atoms with E-state index >= 15 is 0 Å². The Bertz CT molecular complexity index is 642. The summed E-state index contributed by atoms with van der Waals surface area (Å²) in [6.45, 7) is 0. The molecule has 0 atom stereocenters. The fourth-order valence-corrected chi connectivity index (χ4v) is 2.89. The van der Waals surface area contributed by atoms with Crippen molar-refractivity contribution < 1.29 is 18.4 Å². The number of ketones is 1. The Morgan fingerprint density at radius 2 is 1.43 bits per heavy atom. The first-order valence-electron chi connectivity index (χ1n) is 6.47. The Balaban J connectivity index is 2.16. The summed E-state index contributed by atoms with van der Waals surface area (Å²) in [5.74, 6) is -0.262. The highest BCUT2D eigenvalue weighted by Crippen LogP contribution is 2.46. The van der Waals surface area contributed by atoms with Gasteiger partial charge < -0.3 is 9.05 Å². The van der Waals surface area contributed by atoms with Crippen LogP contribution in [-0.2, 0) is 13.6 Å². The molecular formula is C16H17O4P. The van der Waals surface area contributed by atoms with Crippen molar-refractivity contribution in [1.29, 1.82) is 0 Å². The molecule has 2 aromatic carbocycles. The molecule has 0 aliphatic carbocycles. The molecule has 0 amide bonds. The first-order chi connectivity index (χ1) is 10.1. The zero-order valence-corrected chi connectivity index (χ0v) is 12.9. The van der Waals surface area contributed by atoms with Crippen LogP contribution in [-0.4, -0.2) is 26.2 Å². The van der Waals surface area contributed by atoms with Gasteiger partial charge in [-0.05, 0) is 11.1 Å². The Hall–Kier alpha value is -1.74. The molecule has 21 heavy (non-hydrogen) atoms. The third kappa shape index (κ3) is 3.88. The van der Waals surface area contributed by atoms with E-state index in [1.807, 2.05) is 42.5 Å². The van der Waals surface area contributed by atoms with Crippen molar-refractivity contribution >= 4 is 13.4 Å². The molecule has 0 N–H and O–H groups in total. The third-order valence-corrected chi connectivity index (χ3v) is 4.99. The average Bonchev–Trinajstić information content (AvgIpc) is 2.55. The summed E-state index contributed by atoms with van der Waals surface area (Å²) in [7, 11) is -0.774. The summed E-state index contributed by atoms with van der Waals surface area (Å²) < 4.78 is 21.5. The molecule has 0 fully saturated rings. The van der Waals surface area contributed by atoms with Gasteiger partial charge in [-0.25, -0.2) is 0 Å². The maximum atomic E-state index is 12.1. The van der Waals surface area contributed by atoms with Crippen LogP contribution in [0.5, 0.6) is 0 Å². The van der Waals surface area contributed by atoms with Crippen LogP contribution >= 0.6 is 7.60 Å². The van der Waals surface area contributed by atoms with E-state index in [9.17, 15) is 9.36 Å². The monoisotopic (exact) mass is 304 g/mol. The van der Waals surface area contributed by atoms with Gasteiger partial charge in [-0.1, -0.05) is 54.6 Å². The predicted molar refractivity (Wildman–Crippen MR) is 82.7 cm³/mol. The van der Waals surface area contributed by atoms with E-state index < -0.39 is 7.60 Å². The lowest BCUT2D eigenvalue weighted by atomic mass is 10.0. The first kappa shape index (κ1) is 15.6. The highest BCUT2D eigenvalue weighted by Gasteiger charge is 2.26. The van der Waals surface area contributed by atoms with Gasteiger partial charge in [0.05, 0.1) is 0 Å². The molecule has 0 saturated heterocycles. The lowest BCUT2D eigenvalue weighted by molar-refractivity contribution is 0.101. The van der Waals surface area contributed by atoms with E-state index in [-0.39, 0.29) is 11.9 Å². The summed E-state index contributed by atoms with van der Waals surface area (Å²) in [6.07, 6.45) is -0.259. The van der Waals surface area contributed by atoms with Crippen LogP contribution in [0.1, 0.15) is 10.4 Å². The minimum Gasteiger partial charge on any atom is -0.312 e. The normalized spacial score (nSPS) is 11.3. The van der Waals surface area contributed by atoms with Gasteiger partial charge in [0, 0.05) is 19.8 Å². The molecule has 5 heteroatoms. The minimum atomic E-state index is -3.32. The smallest absolute Gasteiger partial charge is 0.312 e. The van der Waals surface area contributed by atoms with Crippen LogP contribution in [0.15, 0.2) is 54.6 Å². The summed E-state index contributed by atoms with van der Waals surface area (Å²) in [4.78, 5) is 12.1. The standard InChI is InChI=1S/C16H17O4P/c1-19-21(18,20-2)12-16(17)15-10-8-14(9-11-15)13-6-4-3-5-7-13/h3-11H,12H2,1-2H3.